The fourth-order valence-corrected chi connectivity index (χ4v) is 2.63. The molecule has 1 atom stereocenters. The maximum atomic E-state index is 11.7. The second kappa shape index (κ2) is 5.63. The summed E-state index contributed by atoms with van der Waals surface area (Å²) in [6, 6.07) is 0. The van der Waals surface area contributed by atoms with Crippen LogP contribution in [0.5, 0.6) is 0 Å². The van der Waals surface area contributed by atoms with Crippen LogP contribution in [-0.4, -0.2) is 12.3 Å². The molecule has 0 aliphatic heterocycles. The van der Waals surface area contributed by atoms with Crippen LogP contribution in [0.25, 0.3) is 0 Å². The first kappa shape index (κ1) is 11.9. The Kier molecular flexibility index (Phi) is 4.78. The molecule has 2 nitrogen and oxygen atoms in total. The Morgan fingerprint density at radius 3 is 2.86 bits per heavy atom. The number of ketones is 1. The summed E-state index contributed by atoms with van der Waals surface area (Å²) in [6.45, 7) is 2.72. The van der Waals surface area contributed by atoms with Crippen molar-refractivity contribution in [1.29, 1.82) is 0 Å². The highest BCUT2D eigenvalue weighted by Gasteiger charge is 2.11. The molecule has 1 rings (SSSR count). The Balaban J connectivity index is 2.47. The summed E-state index contributed by atoms with van der Waals surface area (Å²) in [5.41, 5.74) is 6.29. The van der Waals surface area contributed by atoms with E-state index in [2.05, 4.69) is 22.9 Å². The molecule has 0 spiro atoms. The van der Waals surface area contributed by atoms with E-state index in [4.69, 9.17) is 5.73 Å². The van der Waals surface area contributed by atoms with E-state index in [-0.39, 0.29) is 5.78 Å². The predicted octanol–water partition coefficient (Wildman–Crippen LogP) is 3.07. The normalized spacial score (nSPS) is 12.8. The van der Waals surface area contributed by atoms with Crippen molar-refractivity contribution >= 4 is 33.0 Å². The molecule has 14 heavy (non-hydrogen) atoms. The number of rotatable bonds is 5. The zero-order valence-electron chi connectivity index (χ0n) is 8.13. The summed E-state index contributed by atoms with van der Waals surface area (Å²) in [6.07, 6.45) is 1.46. The molecule has 0 amide bonds. The van der Waals surface area contributed by atoms with Crippen LogP contribution in [-0.2, 0) is 0 Å². The smallest absolute Gasteiger partial charge is 0.164 e. The number of carbonyl (C=O) groups excluding carboxylic acids is 1. The van der Waals surface area contributed by atoms with Crippen LogP contribution in [0.4, 0.5) is 0 Å². The number of halogens is 1. The average molecular weight is 276 g/mol. The van der Waals surface area contributed by atoms with Gasteiger partial charge in [-0.15, -0.1) is 0 Å². The molecule has 78 valence electrons. The van der Waals surface area contributed by atoms with Crippen molar-refractivity contribution in [2.75, 3.05) is 6.54 Å². The number of hydrogen-bond donors (Lipinski definition) is 1. The third-order valence-electron chi connectivity index (χ3n) is 2.18. The number of nitrogens with two attached hydrogens (primary N) is 1. The molecular weight excluding hydrogens is 262 g/mol. The largest absolute Gasteiger partial charge is 0.330 e. The lowest BCUT2D eigenvalue weighted by Crippen LogP contribution is -2.12. The Morgan fingerprint density at radius 1 is 1.64 bits per heavy atom. The maximum absolute atomic E-state index is 11.7. The lowest BCUT2D eigenvalue weighted by molar-refractivity contribution is 0.0975. The molecule has 0 aliphatic carbocycles. The molecule has 0 saturated heterocycles. The molecule has 0 bridgehead atoms. The Bertz CT molecular complexity index is 311. The van der Waals surface area contributed by atoms with Gasteiger partial charge in [0.1, 0.15) is 0 Å². The van der Waals surface area contributed by atoms with Crippen LogP contribution in [0.15, 0.2) is 15.2 Å². The molecule has 1 aromatic rings. The summed E-state index contributed by atoms with van der Waals surface area (Å²) < 4.78 is 0.910. The quantitative estimate of drug-likeness (QED) is 0.840. The number of hydrogen-bond acceptors (Lipinski definition) is 3. The Morgan fingerprint density at radius 2 is 2.36 bits per heavy atom. The minimum absolute atomic E-state index is 0.207. The summed E-state index contributed by atoms with van der Waals surface area (Å²) in [5.74, 6) is 0.634. The van der Waals surface area contributed by atoms with Gasteiger partial charge < -0.3 is 5.73 Å². The van der Waals surface area contributed by atoms with E-state index in [1.165, 1.54) is 0 Å². The predicted molar refractivity (Wildman–Crippen MR) is 63.8 cm³/mol. The zero-order chi connectivity index (χ0) is 10.6. The molecule has 1 unspecified atom stereocenters. The average Bonchev–Trinajstić information content (AvgIpc) is 2.60. The third kappa shape index (κ3) is 3.19. The van der Waals surface area contributed by atoms with Gasteiger partial charge in [0.2, 0.25) is 0 Å². The standard InChI is InChI=1S/C10H14BrNOS/c1-7(4-12)2-3-10(13)8-5-14-6-9(8)11/h5-7H,2-4,12H2,1H3. The van der Waals surface area contributed by atoms with E-state index < -0.39 is 0 Å². The van der Waals surface area contributed by atoms with Crippen molar-refractivity contribution in [3.05, 3.63) is 20.8 Å². The van der Waals surface area contributed by atoms with Gasteiger partial charge in [0, 0.05) is 27.2 Å². The molecule has 1 heterocycles. The van der Waals surface area contributed by atoms with Gasteiger partial charge in [0.05, 0.1) is 0 Å². The van der Waals surface area contributed by atoms with E-state index in [0.29, 0.717) is 18.9 Å². The van der Waals surface area contributed by atoms with Crippen LogP contribution in [0, 0.1) is 5.92 Å². The summed E-state index contributed by atoms with van der Waals surface area (Å²) in [5, 5.41) is 3.82. The van der Waals surface area contributed by atoms with Crippen LogP contribution in [0.2, 0.25) is 0 Å². The van der Waals surface area contributed by atoms with E-state index in [1.54, 1.807) is 11.3 Å². The third-order valence-corrected chi connectivity index (χ3v) is 3.88. The summed E-state index contributed by atoms with van der Waals surface area (Å²) >= 11 is 4.90. The Hall–Kier alpha value is -0.190. The highest BCUT2D eigenvalue weighted by molar-refractivity contribution is 9.10. The van der Waals surface area contributed by atoms with Crippen molar-refractivity contribution in [3.63, 3.8) is 0 Å². The zero-order valence-corrected chi connectivity index (χ0v) is 10.5. The van der Waals surface area contributed by atoms with Gasteiger partial charge in [0.25, 0.3) is 0 Å². The monoisotopic (exact) mass is 275 g/mol. The molecule has 0 saturated carbocycles. The van der Waals surface area contributed by atoms with Crippen LogP contribution >= 0.6 is 27.3 Å². The molecule has 0 fully saturated rings. The highest BCUT2D eigenvalue weighted by Crippen LogP contribution is 2.23. The second-order valence-electron chi connectivity index (χ2n) is 3.44. The molecular formula is C10H14BrNOS. The van der Waals surface area contributed by atoms with Crippen molar-refractivity contribution in [1.82, 2.24) is 0 Å². The first-order chi connectivity index (χ1) is 6.65. The van der Waals surface area contributed by atoms with Crippen molar-refractivity contribution in [2.24, 2.45) is 11.7 Å². The number of carbonyl (C=O) groups is 1. The van der Waals surface area contributed by atoms with Gasteiger partial charge in [-0.1, -0.05) is 6.92 Å². The number of thiophene rings is 1. The van der Waals surface area contributed by atoms with Gasteiger partial charge in [0.15, 0.2) is 5.78 Å². The van der Waals surface area contributed by atoms with Crippen molar-refractivity contribution in [3.8, 4) is 0 Å². The lowest BCUT2D eigenvalue weighted by atomic mass is 10.0. The fraction of sp³-hybridized carbons (Fsp3) is 0.500. The van der Waals surface area contributed by atoms with Gasteiger partial charge in [-0.05, 0) is 34.8 Å². The number of Topliss-reactive ketones (excluding diaryl/α,β-unsaturated/α-hetero) is 1. The van der Waals surface area contributed by atoms with E-state index in [9.17, 15) is 4.79 Å². The minimum Gasteiger partial charge on any atom is -0.330 e. The SMILES string of the molecule is CC(CN)CCC(=O)c1cscc1Br. The van der Waals surface area contributed by atoms with E-state index in [0.717, 1.165) is 16.5 Å². The van der Waals surface area contributed by atoms with Crippen LogP contribution in [0.1, 0.15) is 30.1 Å². The first-order valence-electron chi connectivity index (χ1n) is 4.60. The van der Waals surface area contributed by atoms with Gasteiger partial charge in [-0.3, -0.25) is 4.79 Å². The molecule has 0 aromatic carbocycles. The van der Waals surface area contributed by atoms with Gasteiger partial charge in [-0.2, -0.15) is 11.3 Å². The minimum atomic E-state index is 0.207. The van der Waals surface area contributed by atoms with Crippen LogP contribution in [0.3, 0.4) is 0 Å². The fourth-order valence-electron chi connectivity index (χ4n) is 1.11. The maximum Gasteiger partial charge on any atom is 0.164 e. The second-order valence-corrected chi connectivity index (χ2v) is 5.03. The van der Waals surface area contributed by atoms with Crippen molar-refractivity contribution in [2.45, 2.75) is 19.8 Å². The van der Waals surface area contributed by atoms with E-state index >= 15 is 0 Å². The summed E-state index contributed by atoms with van der Waals surface area (Å²) in [4.78, 5) is 11.7. The molecule has 1 aromatic heterocycles. The first-order valence-corrected chi connectivity index (χ1v) is 6.33. The highest BCUT2D eigenvalue weighted by atomic mass is 79.9. The van der Waals surface area contributed by atoms with Gasteiger partial charge in [-0.25, -0.2) is 0 Å². The van der Waals surface area contributed by atoms with E-state index in [1.807, 2.05) is 10.8 Å². The molecule has 0 radical (unpaired) electrons. The van der Waals surface area contributed by atoms with Gasteiger partial charge >= 0.3 is 0 Å². The molecule has 2 N–H and O–H groups in total. The molecule has 0 aliphatic rings. The van der Waals surface area contributed by atoms with Crippen LogP contribution < -0.4 is 5.73 Å². The summed E-state index contributed by atoms with van der Waals surface area (Å²) in [7, 11) is 0. The lowest BCUT2D eigenvalue weighted by Gasteiger charge is -2.06. The van der Waals surface area contributed by atoms with Crippen molar-refractivity contribution < 1.29 is 4.79 Å². The molecule has 4 heteroatoms. The Labute approximate surface area is 96.6 Å². The topological polar surface area (TPSA) is 43.1 Å².